The summed E-state index contributed by atoms with van der Waals surface area (Å²) < 4.78 is 5.31. The van der Waals surface area contributed by atoms with Crippen LogP contribution < -0.4 is 5.73 Å². The van der Waals surface area contributed by atoms with E-state index in [-0.39, 0.29) is 6.09 Å². The molecule has 4 nitrogen and oxygen atoms in total. The molecule has 0 aliphatic carbocycles. The van der Waals surface area contributed by atoms with Gasteiger partial charge in [0.25, 0.3) is 0 Å². The second kappa shape index (κ2) is 4.24. The van der Waals surface area contributed by atoms with Crippen molar-refractivity contribution in [1.29, 1.82) is 0 Å². The Morgan fingerprint density at radius 1 is 1.44 bits per heavy atom. The number of amides is 1. The molecule has 100 valence electrons. The fraction of sp³-hybridized carbons (Fsp3) is 0.615. The van der Waals surface area contributed by atoms with Crippen molar-refractivity contribution in [3.63, 3.8) is 0 Å². The second-order valence-corrected chi connectivity index (χ2v) is 7.19. The van der Waals surface area contributed by atoms with Crippen molar-refractivity contribution in [3.05, 3.63) is 21.9 Å². The molecule has 0 spiro atoms. The topological polar surface area (TPSA) is 55.6 Å². The summed E-state index contributed by atoms with van der Waals surface area (Å²) in [5.41, 5.74) is 5.44. The highest BCUT2D eigenvalue weighted by atomic mass is 32.1. The average Bonchev–Trinajstić information content (AvgIpc) is 2.57. The van der Waals surface area contributed by atoms with Crippen LogP contribution in [-0.4, -0.2) is 29.7 Å². The monoisotopic (exact) mass is 268 g/mol. The zero-order valence-corrected chi connectivity index (χ0v) is 12.1. The molecule has 0 unspecified atom stereocenters. The Balaban J connectivity index is 1.95. The molecular weight excluding hydrogens is 248 g/mol. The van der Waals surface area contributed by atoms with E-state index in [9.17, 15) is 4.79 Å². The lowest BCUT2D eigenvalue weighted by Gasteiger charge is -2.47. The van der Waals surface area contributed by atoms with Crippen LogP contribution in [0.1, 0.15) is 30.5 Å². The lowest BCUT2D eigenvalue weighted by atomic mass is 9.90. The van der Waals surface area contributed by atoms with Gasteiger partial charge in [0.15, 0.2) is 0 Å². The fourth-order valence-electron chi connectivity index (χ4n) is 1.95. The van der Waals surface area contributed by atoms with Gasteiger partial charge in [-0.25, -0.2) is 4.79 Å². The Hall–Kier alpha value is -1.07. The van der Waals surface area contributed by atoms with Crippen LogP contribution in [0, 0.1) is 6.92 Å². The summed E-state index contributed by atoms with van der Waals surface area (Å²) in [4.78, 5) is 15.8. The molecule has 0 radical (unpaired) electrons. The molecule has 1 aromatic heterocycles. The van der Waals surface area contributed by atoms with E-state index >= 15 is 0 Å². The van der Waals surface area contributed by atoms with Crippen LogP contribution in [0.2, 0.25) is 0 Å². The number of ether oxygens (including phenoxy) is 1. The Kier molecular flexibility index (Phi) is 3.15. The van der Waals surface area contributed by atoms with Crippen LogP contribution in [0.25, 0.3) is 0 Å². The van der Waals surface area contributed by atoms with Crippen molar-refractivity contribution < 1.29 is 9.53 Å². The van der Waals surface area contributed by atoms with Gasteiger partial charge in [-0.15, -0.1) is 11.3 Å². The predicted octanol–water partition coefficient (Wildman–Crippen LogP) is 2.46. The van der Waals surface area contributed by atoms with Crippen LogP contribution in [0.3, 0.4) is 0 Å². The number of likely N-dealkylation sites (tertiary alicyclic amines) is 1. The van der Waals surface area contributed by atoms with Crippen molar-refractivity contribution in [2.75, 3.05) is 13.1 Å². The molecule has 2 rings (SSSR count). The molecule has 2 heterocycles. The largest absolute Gasteiger partial charge is 0.444 e. The maximum absolute atomic E-state index is 11.8. The minimum absolute atomic E-state index is 0.281. The first kappa shape index (κ1) is 13.4. The fourth-order valence-corrected chi connectivity index (χ4v) is 2.90. The SMILES string of the molecule is Cc1ccc(C2(N)CN(C(=O)OC(C)(C)C)C2)s1. The summed E-state index contributed by atoms with van der Waals surface area (Å²) in [6.45, 7) is 8.71. The van der Waals surface area contributed by atoms with Crippen LogP contribution in [0.5, 0.6) is 0 Å². The van der Waals surface area contributed by atoms with Gasteiger partial charge in [-0.1, -0.05) is 0 Å². The van der Waals surface area contributed by atoms with E-state index in [1.807, 2.05) is 26.8 Å². The van der Waals surface area contributed by atoms with Gasteiger partial charge in [0.05, 0.1) is 5.54 Å². The van der Waals surface area contributed by atoms with E-state index in [2.05, 4.69) is 13.0 Å². The van der Waals surface area contributed by atoms with Crippen molar-refractivity contribution in [3.8, 4) is 0 Å². The molecular formula is C13H20N2O2S. The van der Waals surface area contributed by atoms with Gasteiger partial charge in [0, 0.05) is 22.8 Å². The number of carbonyl (C=O) groups excluding carboxylic acids is 1. The minimum Gasteiger partial charge on any atom is -0.444 e. The van der Waals surface area contributed by atoms with Crippen LogP contribution >= 0.6 is 11.3 Å². The van der Waals surface area contributed by atoms with Crippen LogP contribution in [0.4, 0.5) is 4.79 Å². The molecule has 1 fully saturated rings. The zero-order valence-electron chi connectivity index (χ0n) is 11.3. The van der Waals surface area contributed by atoms with Gasteiger partial charge in [-0.05, 0) is 39.8 Å². The summed E-state index contributed by atoms with van der Waals surface area (Å²) in [6, 6.07) is 4.11. The third-order valence-electron chi connectivity index (χ3n) is 2.83. The highest BCUT2D eigenvalue weighted by Crippen LogP contribution is 2.34. The van der Waals surface area contributed by atoms with Crippen molar-refractivity contribution in [2.24, 2.45) is 5.73 Å². The lowest BCUT2D eigenvalue weighted by Crippen LogP contribution is -2.66. The summed E-state index contributed by atoms with van der Waals surface area (Å²) in [5.74, 6) is 0. The van der Waals surface area contributed by atoms with E-state index in [4.69, 9.17) is 10.5 Å². The van der Waals surface area contributed by atoms with E-state index < -0.39 is 11.1 Å². The highest BCUT2D eigenvalue weighted by Gasteiger charge is 2.45. The molecule has 1 saturated heterocycles. The number of hydrogen-bond acceptors (Lipinski definition) is 4. The van der Waals surface area contributed by atoms with Gasteiger partial charge < -0.3 is 15.4 Å². The number of rotatable bonds is 1. The maximum Gasteiger partial charge on any atom is 0.410 e. The molecule has 1 amide bonds. The third kappa shape index (κ3) is 2.67. The molecule has 18 heavy (non-hydrogen) atoms. The van der Waals surface area contributed by atoms with E-state index in [0.717, 1.165) is 4.88 Å². The summed E-state index contributed by atoms with van der Waals surface area (Å²) in [7, 11) is 0. The summed E-state index contributed by atoms with van der Waals surface area (Å²) in [5, 5.41) is 0. The van der Waals surface area contributed by atoms with Gasteiger partial charge in [-0.3, -0.25) is 0 Å². The Morgan fingerprint density at radius 2 is 2.06 bits per heavy atom. The van der Waals surface area contributed by atoms with Crippen molar-refractivity contribution >= 4 is 17.4 Å². The smallest absolute Gasteiger partial charge is 0.410 e. The zero-order chi connectivity index (χ0) is 13.6. The molecule has 0 bridgehead atoms. The van der Waals surface area contributed by atoms with Gasteiger partial charge in [0.1, 0.15) is 5.60 Å². The standard InChI is InChI=1S/C13H20N2O2S/c1-9-5-6-10(18-9)13(14)7-15(8-13)11(16)17-12(2,3)4/h5-6H,7-8,14H2,1-4H3. The molecule has 5 heteroatoms. The van der Waals surface area contributed by atoms with Gasteiger partial charge >= 0.3 is 6.09 Å². The Labute approximate surface area is 112 Å². The molecule has 1 aromatic rings. The van der Waals surface area contributed by atoms with Crippen molar-refractivity contribution in [2.45, 2.75) is 38.8 Å². The Bertz CT molecular complexity index is 456. The quantitative estimate of drug-likeness (QED) is 0.851. The number of nitrogens with zero attached hydrogens (tertiary/aromatic N) is 1. The normalized spacial score (nSPS) is 18.4. The lowest BCUT2D eigenvalue weighted by molar-refractivity contribution is -0.00823. The number of thiophene rings is 1. The highest BCUT2D eigenvalue weighted by molar-refractivity contribution is 7.12. The number of carbonyl (C=O) groups is 1. The molecule has 2 N–H and O–H groups in total. The number of nitrogens with two attached hydrogens (primary N) is 1. The van der Waals surface area contributed by atoms with E-state index in [0.29, 0.717) is 13.1 Å². The second-order valence-electron chi connectivity index (χ2n) is 5.90. The number of aryl methyl sites for hydroxylation is 1. The first-order valence-corrected chi connectivity index (χ1v) is 6.85. The van der Waals surface area contributed by atoms with Gasteiger partial charge in [0.2, 0.25) is 0 Å². The third-order valence-corrected chi connectivity index (χ3v) is 4.05. The van der Waals surface area contributed by atoms with Crippen LogP contribution in [0.15, 0.2) is 12.1 Å². The molecule has 1 aliphatic rings. The van der Waals surface area contributed by atoms with Gasteiger partial charge in [-0.2, -0.15) is 0 Å². The first-order valence-electron chi connectivity index (χ1n) is 6.03. The summed E-state index contributed by atoms with van der Waals surface area (Å²) >= 11 is 1.69. The summed E-state index contributed by atoms with van der Waals surface area (Å²) in [6.07, 6.45) is -0.281. The maximum atomic E-state index is 11.8. The Morgan fingerprint density at radius 3 is 2.50 bits per heavy atom. The van der Waals surface area contributed by atoms with E-state index in [1.54, 1.807) is 16.2 Å². The molecule has 1 aliphatic heterocycles. The van der Waals surface area contributed by atoms with E-state index in [1.165, 1.54) is 4.88 Å². The number of hydrogen-bond donors (Lipinski definition) is 1. The van der Waals surface area contributed by atoms with Crippen molar-refractivity contribution in [1.82, 2.24) is 4.90 Å². The van der Waals surface area contributed by atoms with Crippen LogP contribution in [-0.2, 0) is 10.3 Å². The average molecular weight is 268 g/mol. The predicted molar refractivity (Wildman–Crippen MR) is 72.7 cm³/mol. The first-order chi connectivity index (χ1) is 8.20. The molecule has 0 aromatic carbocycles. The minimum atomic E-state index is -0.455. The molecule has 0 saturated carbocycles. The molecule has 0 atom stereocenters.